The van der Waals surface area contributed by atoms with E-state index < -0.39 is 6.10 Å². The van der Waals surface area contributed by atoms with Gasteiger partial charge in [0.05, 0.1) is 10.6 Å². The van der Waals surface area contributed by atoms with Gasteiger partial charge >= 0.3 is 0 Å². The van der Waals surface area contributed by atoms with E-state index in [1.54, 1.807) is 30.6 Å². The minimum atomic E-state index is -0.800. The lowest BCUT2D eigenvalue weighted by molar-refractivity contribution is 0.147. The Labute approximate surface area is 119 Å². The number of halogens is 2. The molecule has 100 valence electrons. The van der Waals surface area contributed by atoms with Crippen LogP contribution in [-0.2, 0) is 0 Å². The van der Waals surface area contributed by atoms with Crippen molar-refractivity contribution in [1.29, 1.82) is 0 Å². The molecule has 5 heteroatoms. The molecule has 0 radical (unpaired) electrons. The van der Waals surface area contributed by atoms with Crippen LogP contribution in [0.1, 0.15) is 23.1 Å². The first-order valence-electron chi connectivity index (χ1n) is 5.86. The van der Waals surface area contributed by atoms with E-state index in [-0.39, 0.29) is 18.3 Å². The van der Waals surface area contributed by atoms with Crippen LogP contribution in [0, 0.1) is 5.82 Å². The summed E-state index contributed by atoms with van der Waals surface area (Å²) >= 11 is 3.11. The van der Waals surface area contributed by atoms with Crippen molar-refractivity contribution in [3.8, 4) is 0 Å². The first-order chi connectivity index (χ1) is 9.13. The summed E-state index contributed by atoms with van der Waals surface area (Å²) < 4.78 is 13.5. The summed E-state index contributed by atoms with van der Waals surface area (Å²) in [4.78, 5) is 4.03. The fourth-order valence-electron chi connectivity index (χ4n) is 1.97. The van der Waals surface area contributed by atoms with Gasteiger partial charge in [0.1, 0.15) is 5.82 Å². The molecule has 0 aliphatic carbocycles. The van der Waals surface area contributed by atoms with Crippen molar-refractivity contribution in [1.82, 2.24) is 4.98 Å². The molecule has 0 amide bonds. The van der Waals surface area contributed by atoms with Gasteiger partial charge in [-0.2, -0.15) is 0 Å². The molecule has 19 heavy (non-hydrogen) atoms. The lowest BCUT2D eigenvalue weighted by Gasteiger charge is -2.22. The Balaban J connectivity index is 2.30. The maximum Gasteiger partial charge on any atom is 0.137 e. The third-order valence-corrected chi connectivity index (χ3v) is 3.64. The topological polar surface area (TPSA) is 59.1 Å². The number of pyridine rings is 1. The van der Waals surface area contributed by atoms with E-state index in [2.05, 4.69) is 20.9 Å². The Bertz CT molecular complexity index is 550. The van der Waals surface area contributed by atoms with Gasteiger partial charge in [0.15, 0.2) is 0 Å². The zero-order valence-corrected chi connectivity index (χ0v) is 11.7. The second kappa shape index (κ2) is 6.23. The summed E-state index contributed by atoms with van der Waals surface area (Å²) in [6.07, 6.45) is 2.54. The fourth-order valence-corrected chi connectivity index (χ4v) is 2.37. The number of hydrogen-bond acceptors (Lipinski definition) is 3. The van der Waals surface area contributed by atoms with Crippen LogP contribution in [0.3, 0.4) is 0 Å². The summed E-state index contributed by atoms with van der Waals surface area (Å²) in [6.45, 7) is 0.280. The van der Waals surface area contributed by atoms with Crippen LogP contribution in [0.4, 0.5) is 4.39 Å². The van der Waals surface area contributed by atoms with Crippen LogP contribution in [0.15, 0.2) is 47.2 Å². The molecule has 2 aromatic rings. The summed E-state index contributed by atoms with van der Waals surface area (Å²) in [5, 5.41) is 10.4. The van der Waals surface area contributed by atoms with Gasteiger partial charge in [-0.05, 0) is 45.3 Å². The maximum absolute atomic E-state index is 13.2. The summed E-state index contributed by atoms with van der Waals surface area (Å²) in [6, 6.07) is 8.11. The van der Waals surface area contributed by atoms with Gasteiger partial charge in [0.2, 0.25) is 0 Å². The fraction of sp³-hybridized carbons (Fsp3) is 0.214. The summed E-state index contributed by atoms with van der Waals surface area (Å²) in [7, 11) is 0. The minimum absolute atomic E-state index is 0.272. The highest BCUT2D eigenvalue weighted by atomic mass is 79.9. The zero-order chi connectivity index (χ0) is 13.8. The Morgan fingerprint density at radius 1 is 1.32 bits per heavy atom. The van der Waals surface area contributed by atoms with Gasteiger partial charge in [0, 0.05) is 24.9 Å². The molecule has 2 atom stereocenters. The van der Waals surface area contributed by atoms with Crippen LogP contribution in [0.25, 0.3) is 0 Å². The maximum atomic E-state index is 13.2. The second-order valence-corrected chi connectivity index (χ2v) is 5.10. The highest BCUT2D eigenvalue weighted by Gasteiger charge is 2.22. The number of hydrogen-bond donors (Lipinski definition) is 2. The molecule has 1 aromatic heterocycles. The second-order valence-electron chi connectivity index (χ2n) is 4.25. The van der Waals surface area contributed by atoms with Gasteiger partial charge in [-0.3, -0.25) is 4.98 Å². The molecule has 2 rings (SSSR count). The number of benzene rings is 1. The molecule has 0 spiro atoms. The summed E-state index contributed by atoms with van der Waals surface area (Å²) in [5.41, 5.74) is 7.21. The first-order valence-corrected chi connectivity index (χ1v) is 6.65. The van der Waals surface area contributed by atoms with Crippen molar-refractivity contribution < 1.29 is 9.50 Å². The number of rotatable bonds is 4. The standard InChI is InChI=1S/C14H14BrFN2O/c15-12-6-9(3-4-13(12)16)14(19)11(7-17)10-2-1-5-18-8-10/h1-6,8,11,14,19H,7,17H2. The smallest absolute Gasteiger partial charge is 0.137 e. The predicted octanol–water partition coefficient (Wildman–Crippen LogP) is 2.76. The van der Waals surface area contributed by atoms with E-state index in [1.807, 2.05) is 6.07 Å². The first kappa shape index (κ1) is 14.1. The molecule has 3 nitrogen and oxygen atoms in total. The van der Waals surface area contributed by atoms with Crippen LogP contribution < -0.4 is 5.73 Å². The van der Waals surface area contributed by atoms with Crippen LogP contribution in [-0.4, -0.2) is 16.6 Å². The lowest BCUT2D eigenvalue weighted by Crippen LogP contribution is -2.20. The van der Waals surface area contributed by atoms with E-state index in [0.29, 0.717) is 10.0 Å². The van der Waals surface area contributed by atoms with Crippen LogP contribution in [0.2, 0.25) is 0 Å². The molecule has 0 aliphatic rings. The van der Waals surface area contributed by atoms with E-state index >= 15 is 0 Å². The van der Waals surface area contributed by atoms with Gasteiger partial charge in [-0.1, -0.05) is 12.1 Å². The van der Waals surface area contributed by atoms with Crippen molar-refractivity contribution in [2.45, 2.75) is 12.0 Å². The molecule has 2 unspecified atom stereocenters. The van der Waals surface area contributed by atoms with Crippen molar-refractivity contribution in [2.75, 3.05) is 6.54 Å². The average Bonchev–Trinajstić information content (AvgIpc) is 2.44. The molecule has 3 N–H and O–H groups in total. The molecular formula is C14H14BrFN2O. The van der Waals surface area contributed by atoms with Gasteiger partial charge in [-0.15, -0.1) is 0 Å². The quantitative estimate of drug-likeness (QED) is 0.909. The van der Waals surface area contributed by atoms with Gasteiger partial charge in [-0.25, -0.2) is 4.39 Å². The highest BCUT2D eigenvalue weighted by molar-refractivity contribution is 9.10. The van der Waals surface area contributed by atoms with Crippen LogP contribution in [0.5, 0.6) is 0 Å². The molecular weight excluding hydrogens is 311 g/mol. The van der Waals surface area contributed by atoms with Crippen molar-refractivity contribution in [3.63, 3.8) is 0 Å². The average molecular weight is 325 g/mol. The van der Waals surface area contributed by atoms with Crippen molar-refractivity contribution in [3.05, 3.63) is 64.1 Å². The highest BCUT2D eigenvalue weighted by Crippen LogP contribution is 2.31. The normalized spacial score (nSPS) is 14.1. The largest absolute Gasteiger partial charge is 0.388 e. The third kappa shape index (κ3) is 3.18. The van der Waals surface area contributed by atoms with Gasteiger partial charge in [0.25, 0.3) is 0 Å². The predicted molar refractivity (Wildman–Crippen MR) is 75.1 cm³/mol. The number of nitrogens with two attached hydrogens (primary N) is 1. The number of aromatic nitrogens is 1. The molecule has 0 saturated carbocycles. The van der Waals surface area contributed by atoms with Crippen molar-refractivity contribution >= 4 is 15.9 Å². The Morgan fingerprint density at radius 3 is 2.68 bits per heavy atom. The lowest BCUT2D eigenvalue weighted by atomic mass is 9.90. The molecule has 0 saturated heterocycles. The van der Waals surface area contributed by atoms with Gasteiger partial charge < -0.3 is 10.8 Å². The molecule has 0 bridgehead atoms. The Hall–Kier alpha value is -1.30. The zero-order valence-electron chi connectivity index (χ0n) is 10.1. The van der Waals surface area contributed by atoms with E-state index in [9.17, 15) is 9.50 Å². The van der Waals surface area contributed by atoms with E-state index in [4.69, 9.17) is 5.73 Å². The Morgan fingerprint density at radius 2 is 2.11 bits per heavy atom. The number of aliphatic hydroxyl groups is 1. The molecule has 0 aliphatic heterocycles. The van der Waals surface area contributed by atoms with Crippen LogP contribution >= 0.6 is 15.9 Å². The minimum Gasteiger partial charge on any atom is -0.388 e. The van der Waals surface area contributed by atoms with E-state index in [0.717, 1.165) is 5.56 Å². The van der Waals surface area contributed by atoms with Crippen molar-refractivity contribution in [2.24, 2.45) is 5.73 Å². The molecule has 1 heterocycles. The third-order valence-electron chi connectivity index (χ3n) is 3.03. The van der Waals surface area contributed by atoms with E-state index in [1.165, 1.54) is 6.07 Å². The summed E-state index contributed by atoms with van der Waals surface area (Å²) in [5.74, 6) is -0.632. The Kier molecular flexibility index (Phi) is 4.63. The monoisotopic (exact) mass is 324 g/mol. The number of nitrogens with zero attached hydrogens (tertiary/aromatic N) is 1. The molecule has 0 fully saturated rings. The number of aliphatic hydroxyl groups excluding tert-OH is 1. The molecule has 1 aromatic carbocycles. The SMILES string of the molecule is NCC(c1cccnc1)C(O)c1ccc(F)c(Br)c1.